The van der Waals surface area contributed by atoms with E-state index in [1.54, 1.807) is 0 Å². The van der Waals surface area contributed by atoms with Crippen LogP contribution in [-0.4, -0.2) is 92.3 Å². The molecule has 0 radical (unpaired) electrons. The average molecular weight is 566 g/mol. The number of aromatic nitrogens is 1. The first-order valence-electron chi connectivity index (χ1n) is 14.1. The van der Waals surface area contributed by atoms with Crippen molar-refractivity contribution < 1.29 is 14.5 Å². The number of hydrogen-bond acceptors (Lipinski definition) is 7. The highest BCUT2D eigenvalue weighted by atomic mass is 32.2. The molecule has 1 aromatic heterocycles. The summed E-state index contributed by atoms with van der Waals surface area (Å²) in [5.41, 5.74) is 4.62. The summed E-state index contributed by atoms with van der Waals surface area (Å²) >= 11 is -1.31. The van der Waals surface area contributed by atoms with Gasteiger partial charge in [-0.3, -0.25) is 9.69 Å². The van der Waals surface area contributed by atoms with Crippen LogP contribution in [0.25, 0.3) is 11.3 Å². The molecular formula is C31H43N5O3S. The molecule has 1 unspecified atom stereocenters. The lowest BCUT2D eigenvalue weighted by Crippen LogP contribution is -2.42. The number of hydrogen-bond donors (Lipinski definition) is 2. The van der Waals surface area contributed by atoms with Gasteiger partial charge in [-0.05, 0) is 78.0 Å². The van der Waals surface area contributed by atoms with Gasteiger partial charge in [0.1, 0.15) is 10.4 Å². The summed E-state index contributed by atoms with van der Waals surface area (Å²) in [4.78, 5) is 22.8. The van der Waals surface area contributed by atoms with Crippen LogP contribution in [0.4, 0.5) is 0 Å². The Morgan fingerprint density at radius 1 is 1.30 bits per heavy atom. The van der Waals surface area contributed by atoms with E-state index in [4.69, 9.17) is 4.98 Å². The van der Waals surface area contributed by atoms with Crippen molar-refractivity contribution in [2.45, 2.75) is 63.9 Å². The van der Waals surface area contributed by atoms with Crippen LogP contribution in [0.1, 0.15) is 73.8 Å². The van der Waals surface area contributed by atoms with Gasteiger partial charge in [-0.15, -0.1) is 4.31 Å². The van der Waals surface area contributed by atoms with Crippen molar-refractivity contribution in [1.29, 1.82) is 0 Å². The van der Waals surface area contributed by atoms with E-state index in [0.29, 0.717) is 30.9 Å². The van der Waals surface area contributed by atoms with Gasteiger partial charge in [-0.1, -0.05) is 30.9 Å². The largest absolute Gasteiger partial charge is 0.597 e. The van der Waals surface area contributed by atoms with Crippen molar-refractivity contribution in [3.63, 3.8) is 0 Å². The summed E-state index contributed by atoms with van der Waals surface area (Å²) in [5, 5.41) is 13.2. The number of carbonyl (C=O) groups excluding carboxylic acids is 1. The predicted molar refractivity (Wildman–Crippen MR) is 161 cm³/mol. The highest BCUT2D eigenvalue weighted by Gasteiger charge is 2.45. The second-order valence-electron chi connectivity index (χ2n) is 11.9. The number of nitrogens with zero attached hydrogens (tertiary/aromatic N) is 4. The van der Waals surface area contributed by atoms with Crippen molar-refractivity contribution in [1.82, 2.24) is 24.4 Å². The molecule has 9 heteroatoms. The van der Waals surface area contributed by atoms with E-state index in [0.717, 1.165) is 48.3 Å². The molecule has 1 aromatic carbocycles. The van der Waals surface area contributed by atoms with Crippen molar-refractivity contribution in [3.8, 4) is 23.1 Å². The van der Waals surface area contributed by atoms with Gasteiger partial charge in [0.05, 0.1) is 24.8 Å². The zero-order valence-electron chi connectivity index (χ0n) is 24.7. The van der Waals surface area contributed by atoms with E-state index in [-0.39, 0.29) is 24.6 Å². The Kier molecular flexibility index (Phi) is 9.93. The second kappa shape index (κ2) is 13.0. The molecule has 2 aliphatic rings. The van der Waals surface area contributed by atoms with Crippen LogP contribution in [-0.2, 0) is 17.9 Å². The minimum absolute atomic E-state index is 0.0463. The first kappa shape index (κ1) is 30.5. The Balaban J connectivity index is 1.78. The molecule has 1 fully saturated rings. The van der Waals surface area contributed by atoms with Crippen molar-refractivity contribution in [3.05, 3.63) is 52.7 Å². The predicted octanol–water partition coefficient (Wildman–Crippen LogP) is 3.19. The third-order valence-electron chi connectivity index (χ3n) is 7.34. The third kappa shape index (κ3) is 7.06. The number of likely N-dealkylation sites (tertiary alicyclic amines) is 1. The molecule has 2 N–H and O–H groups in total. The summed E-state index contributed by atoms with van der Waals surface area (Å²) in [6, 6.07) is 9.57. The fourth-order valence-corrected chi connectivity index (χ4v) is 6.75. The van der Waals surface area contributed by atoms with E-state index in [1.807, 2.05) is 74.4 Å². The molecular weight excluding hydrogens is 522 g/mol. The Morgan fingerprint density at radius 2 is 2.08 bits per heavy atom. The lowest BCUT2D eigenvalue weighted by molar-refractivity contribution is 0.0933. The maximum absolute atomic E-state index is 13.6. The van der Waals surface area contributed by atoms with Crippen molar-refractivity contribution >= 4 is 17.3 Å². The Morgan fingerprint density at radius 3 is 2.73 bits per heavy atom. The van der Waals surface area contributed by atoms with Gasteiger partial charge < -0.3 is 19.9 Å². The molecule has 0 bridgehead atoms. The van der Waals surface area contributed by atoms with E-state index in [2.05, 4.69) is 29.0 Å². The Hall–Kier alpha value is -2.45. The molecule has 0 saturated carbocycles. The quantitative estimate of drug-likeness (QED) is 0.375. The summed E-state index contributed by atoms with van der Waals surface area (Å²) < 4.78 is 15.1. The smallest absolute Gasteiger partial charge is 0.270 e. The summed E-state index contributed by atoms with van der Waals surface area (Å²) in [6.07, 6.45) is 1.34. The molecule has 2 aromatic rings. The van der Waals surface area contributed by atoms with Crippen LogP contribution < -0.4 is 5.32 Å². The number of amides is 1. The highest BCUT2D eigenvalue weighted by Crippen LogP contribution is 2.45. The lowest BCUT2D eigenvalue weighted by atomic mass is 9.95. The number of nitrogens with one attached hydrogen (secondary N) is 1. The average Bonchev–Trinajstić information content (AvgIpc) is 3.51. The normalized spacial score (nSPS) is 20.3. The zero-order chi connectivity index (χ0) is 29.0. The van der Waals surface area contributed by atoms with Gasteiger partial charge in [0, 0.05) is 53.8 Å². The number of likely N-dealkylation sites (N-methyl/N-ethyl adjacent to an activating group) is 1. The van der Waals surface area contributed by atoms with Crippen LogP contribution in [0.5, 0.6) is 0 Å². The highest BCUT2D eigenvalue weighted by molar-refractivity contribution is 7.90. The summed E-state index contributed by atoms with van der Waals surface area (Å²) in [7, 11) is 3.96. The molecule has 3 heterocycles. The number of benzene rings is 1. The number of pyridine rings is 1. The van der Waals surface area contributed by atoms with Crippen LogP contribution in [0, 0.1) is 11.8 Å². The molecule has 0 aliphatic carbocycles. The molecule has 40 heavy (non-hydrogen) atoms. The van der Waals surface area contributed by atoms with Crippen molar-refractivity contribution in [2.75, 3.05) is 46.9 Å². The number of aliphatic hydroxyl groups excluding tert-OH is 1. The first-order valence-corrected chi connectivity index (χ1v) is 15.2. The van der Waals surface area contributed by atoms with Crippen LogP contribution >= 0.6 is 0 Å². The topological polar surface area (TPSA) is 95.0 Å². The van der Waals surface area contributed by atoms with Crippen molar-refractivity contribution in [2.24, 2.45) is 0 Å². The Bertz CT molecular complexity index is 1270. The summed E-state index contributed by atoms with van der Waals surface area (Å²) in [6.45, 7) is 11.8. The van der Waals surface area contributed by atoms with Gasteiger partial charge in [0.15, 0.2) is 0 Å². The van der Waals surface area contributed by atoms with Gasteiger partial charge in [0.2, 0.25) is 0 Å². The number of rotatable bonds is 8. The fraction of sp³-hybridized carbons (Fsp3) is 0.548. The molecule has 1 amide bonds. The van der Waals surface area contributed by atoms with Crippen LogP contribution in [0.2, 0.25) is 0 Å². The molecule has 8 nitrogen and oxygen atoms in total. The maximum atomic E-state index is 13.6. The lowest BCUT2D eigenvalue weighted by Gasteiger charge is -2.33. The standard InChI is InChI=1S/C31H43N5O3S/c1-7-35-16-13-25(21-35)32-30(38)26-19-24-20-36(40(39)31(2,3)4)27(14-17-37)28(24)29(33-26)23-12-8-10-22(18-23)11-9-15-34(5)6/h8,10,12,18-19,25,27,37H,7,13-17,20-21H2,1-6H3,(H,32,38)/t25-,27+,40?/m0/s1. The molecule has 3 atom stereocenters. The van der Waals surface area contributed by atoms with Gasteiger partial charge in [-0.25, -0.2) is 4.98 Å². The van der Waals surface area contributed by atoms with E-state index < -0.39 is 16.1 Å². The van der Waals surface area contributed by atoms with E-state index in [9.17, 15) is 14.5 Å². The van der Waals surface area contributed by atoms with Crippen LogP contribution in [0.15, 0.2) is 30.3 Å². The SMILES string of the molecule is CCN1CC[C@H](NC(=O)c2cc3c(c(-c4cccc(C#CCN(C)C)c4)n2)[C@@H](CCO)N([S+]([O-])C(C)(C)C)C3)C1. The first-order chi connectivity index (χ1) is 19.0. The second-order valence-corrected chi connectivity index (χ2v) is 14.1. The third-order valence-corrected chi connectivity index (χ3v) is 9.20. The van der Waals surface area contributed by atoms with Crippen LogP contribution in [0.3, 0.4) is 0 Å². The van der Waals surface area contributed by atoms with Gasteiger partial charge in [0.25, 0.3) is 5.91 Å². The minimum atomic E-state index is -1.31. The molecule has 2 aliphatic heterocycles. The molecule has 216 valence electrons. The Labute approximate surface area is 242 Å². The van der Waals surface area contributed by atoms with Gasteiger partial charge in [-0.2, -0.15) is 0 Å². The maximum Gasteiger partial charge on any atom is 0.270 e. The van der Waals surface area contributed by atoms with Gasteiger partial charge >= 0.3 is 0 Å². The van der Waals surface area contributed by atoms with E-state index in [1.165, 1.54) is 0 Å². The number of carbonyl (C=O) groups is 1. The minimum Gasteiger partial charge on any atom is -0.597 e. The summed E-state index contributed by atoms with van der Waals surface area (Å²) in [5.74, 6) is 6.22. The fourth-order valence-electron chi connectivity index (χ4n) is 5.35. The molecule has 0 spiro atoms. The number of aliphatic hydroxyl groups is 1. The zero-order valence-corrected chi connectivity index (χ0v) is 25.5. The number of fused-ring (bicyclic) bond motifs is 1. The monoisotopic (exact) mass is 565 g/mol. The van der Waals surface area contributed by atoms with E-state index >= 15 is 0 Å². The molecule has 1 saturated heterocycles. The molecule has 4 rings (SSSR count).